The lowest BCUT2D eigenvalue weighted by molar-refractivity contribution is 0.102. The predicted octanol–water partition coefficient (Wildman–Crippen LogP) is 3.88. The highest BCUT2D eigenvalue weighted by Gasteiger charge is 2.26. The lowest BCUT2D eigenvalue weighted by atomic mass is 10.1. The zero-order valence-corrected chi connectivity index (χ0v) is 20.0. The Morgan fingerprint density at radius 3 is 2.60 bits per heavy atom. The van der Waals surface area contributed by atoms with E-state index in [9.17, 15) is 13.2 Å². The number of hydrogen-bond donors (Lipinski definition) is 2. The highest BCUT2D eigenvalue weighted by Crippen LogP contribution is 2.28. The molecule has 0 radical (unpaired) electrons. The van der Waals surface area contributed by atoms with Crippen LogP contribution in [0.25, 0.3) is 17.0 Å². The van der Waals surface area contributed by atoms with Gasteiger partial charge in [-0.15, -0.1) is 0 Å². The summed E-state index contributed by atoms with van der Waals surface area (Å²) >= 11 is 0. The van der Waals surface area contributed by atoms with Crippen LogP contribution < -0.4 is 14.8 Å². The average molecular weight is 492 g/mol. The summed E-state index contributed by atoms with van der Waals surface area (Å²) in [6.45, 7) is 0. The van der Waals surface area contributed by atoms with Crippen LogP contribution >= 0.6 is 0 Å². The molecular formula is C25H25N5O4S. The summed E-state index contributed by atoms with van der Waals surface area (Å²) in [7, 11) is -2.42. The molecule has 0 atom stereocenters. The lowest BCUT2D eigenvalue weighted by Gasteiger charge is -2.16. The average Bonchev–Trinajstić information content (AvgIpc) is 3.53. The minimum absolute atomic E-state index is 0.0460. The predicted molar refractivity (Wildman–Crippen MR) is 132 cm³/mol. The van der Waals surface area contributed by atoms with Gasteiger partial charge in [-0.1, -0.05) is 25.0 Å². The second-order valence-electron chi connectivity index (χ2n) is 8.45. The van der Waals surface area contributed by atoms with E-state index in [4.69, 9.17) is 4.74 Å². The first-order valence-corrected chi connectivity index (χ1v) is 12.8. The zero-order chi connectivity index (χ0) is 24.4. The number of nitrogens with one attached hydrogen (secondary N) is 2. The molecule has 9 nitrogen and oxygen atoms in total. The van der Waals surface area contributed by atoms with Crippen LogP contribution in [0.4, 0.5) is 5.69 Å². The van der Waals surface area contributed by atoms with E-state index in [1.807, 2.05) is 35.0 Å². The molecule has 0 bridgehead atoms. The van der Waals surface area contributed by atoms with Crippen molar-refractivity contribution in [2.75, 3.05) is 12.4 Å². The van der Waals surface area contributed by atoms with E-state index >= 15 is 0 Å². The van der Waals surface area contributed by atoms with Gasteiger partial charge >= 0.3 is 0 Å². The lowest BCUT2D eigenvalue weighted by Crippen LogP contribution is -2.33. The minimum atomic E-state index is -3.83. The Balaban J connectivity index is 1.34. The van der Waals surface area contributed by atoms with Gasteiger partial charge in [0.2, 0.25) is 15.8 Å². The number of nitrogens with zero attached hydrogens (tertiary/aromatic N) is 3. The fraction of sp³-hybridized carbons (Fsp3) is 0.240. The number of fused-ring (bicyclic) bond motifs is 1. The van der Waals surface area contributed by atoms with E-state index in [-0.39, 0.29) is 22.3 Å². The Bertz CT molecular complexity index is 1440. The minimum Gasteiger partial charge on any atom is -0.495 e. The summed E-state index contributed by atoms with van der Waals surface area (Å²) < 4.78 is 35.8. The quantitative estimate of drug-likeness (QED) is 0.406. The number of methoxy groups -OCH3 is 1. The molecule has 180 valence electrons. The van der Waals surface area contributed by atoms with Crippen LogP contribution in [0.2, 0.25) is 0 Å². The van der Waals surface area contributed by atoms with Crippen molar-refractivity contribution in [1.29, 1.82) is 0 Å². The Kier molecular flexibility index (Phi) is 6.23. The largest absolute Gasteiger partial charge is 0.495 e. The number of ether oxygens (including phenoxy) is 1. The molecule has 1 aliphatic carbocycles. The van der Waals surface area contributed by atoms with Crippen molar-refractivity contribution in [2.24, 2.45) is 0 Å². The highest BCUT2D eigenvalue weighted by molar-refractivity contribution is 7.89. The Labute approximate surface area is 203 Å². The highest BCUT2D eigenvalue weighted by atomic mass is 32.2. The third-order valence-electron chi connectivity index (χ3n) is 6.07. The first-order valence-electron chi connectivity index (χ1n) is 11.3. The molecule has 0 saturated heterocycles. The number of carbonyl (C=O) groups excluding carboxylic acids is 1. The van der Waals surface area contributed by atoms with Crippen molar-refractivity contribution in [2.45, 2.75) is 36.6 Å². The summed E-state index contributed by atoms with van der Waals surface area (Å²) in [4.78, 5) is 21.6. The number of carbonyl (C=O) groups is 1. The van der Waals surface area contributed by atoms with Gasteiger partial charge in [-0.2, -0.15) is 0 Å². The molecule has 2 heterocycles. The first-order chi connectivity index (χ1) is 16.9. The molecule has 1 amide bonds. The van der Waals surface area contributed by atoms with E-state index in [1.165, 1.54) is 19.2 Å². The molecule has 0 unspecified atom stereocenters. The Hall–Kier alpha value is -3.76. The number of rotatable bonds is 7. The molecule has 1 aliphatic rings. The third-order valence-corrected chi connectivity index (χ3v) is 7.61. The van der Waals surface area contributed by atoms with Crippen LogP contribution in [0.15, 0.2) is 72.0 Å². The fourth-order valence-corrected chi connectivity index (χ4v) is 5.75. The van der Waals surface area contributed by atoms with Crippen LogP contribution in [-0.4, -0.2) is 41.8 Å². The first kappa shape index (κ1) is 23.0. The molecule has 2 aromatic heterocycles. The fourth-order valence-electron chi connectivity index (χ4n) is 4.25. The van der Waals surface area contributed by atoms with Gasteiger partial charge in [-0.05, 0) is 49.2 Å². The van der Waals surface area contributed by atoms with Crippen LogP contribution in [0, 0.1) is 0 Å². The molecule has 35 heavy (non-hydrogen) atoms. The van der Waals surface area contributed by atoms with E-state index in [2.05, 4.69) is 20.0 Å². The molecule has 0 aliphatic heterocycles. The summed E-state index contributed by atoms with van der Waals surface area (Å²) in [5.41, 5.74) is 2.43. The molecule has 2 aromatic carbocycles. The Morgan fingerprint density at radius 1 is 1.11 bits per heavy atom. The normalized spacial score (nSPS) is 14.3. The summed E-state index contributed by atoms with van der Waals surface area (Å²) in [6.07, 6.45) is 9.06. The van der Waals surface area contributed by atoms with Crippen LogP contribution in [-0.2, 0) is 10.0 Å². The second-order valence-corrected chi connectivity index (χ2v) is 10.1. The van der Waals surface area contributed by atoms with Gasteiger partial charge in [-0.3, -0.25) is 9.20 Å². The summed E-state index contributed by atoms with van der Waals surface area (Å²) in [5.74, 6) is 0.376. The molecule has 10 heteroatoms. The summed E-state index contributed by atoms with van der Waals surface area (Å²) in [6, 6.07) is 13.4. The number of sulfonamides is 1. The van der Waals surface area contributed by atoms with E-state index < -0.39 is 15.9 Å². The maximum atomic E-state index is 13.0. The van der Waals surface area contributed by atoms with Crippen LogP contribution in [0.5, 0.6) is 5.75 Å². The number of imidazole rings is 1. The number of hydrogen-bond acceptors (Lipinski definition) is 6. The maximum Gasteiger partial charge on any atom is 0.255 e. The number of anilines is 1. The van der Waals surface area contributed by atoms with E-state index in [1.54, 1.807) is 24.4 Å². The number of benzene rings is 2. The SMILES string of the molecule is COc1ccc(C(=O)Nc2ccc(-c3cn4cccnc4n3)cc2)cc1S(=O)(=O)NC1CCCC1. The van der Waals surface area contributed by atoms with Crippen molar-refractivity contribution in [3.8, 4) is 17.0 Å². The number of aromatic nitrogens is 3. The van der Waals surface area contributed by atoms with Crippen molar-refractivity contribution in [3.63, 3.8) is 0 Å². The monoisotopic (exact) mass is 491 g/mol. The molecule has 5 rings (SSSR count). The maximum absolute atomic E-state index is 13.0. The standard InChI is InChI=1S/C25H25N5O4S/c1-34-22-12-9-18(15-23(22)35(32,33)29-20-5-2-3-6-20)24(31)27-19-10-7-17(8-11-19)21-16-30-14-4-13-26-25(30)28-21/h4,7-16,20,29H,2-3,5-6H2,1H3,(H,27,31). The second kappa shape index (κ2) is 9.47. The van der Waals surface area contributed by atoms with Crippen LogP contribution in [0.3, 0.4) is 0 Å². The molecule has 1 saturated carbocycles. The number of amides is 1. The van der Waals surface area contributed by atoms with Gasteiger partial charge in [0.1, 0.15) is 10.6 Å². The molecule has 2 N–H and O–H groups in total. The Morgan fingerprint density at radius 2 is 1.89 bits per heavy atom. The zero-order valence-electron chi connectivity index (χ0n) is 19.1. The van der Waals surface area contributed by atoms with Crippen LogP contribution in [0.1, 0.15) is 36.0 Å². The van der Waals surface area contributed by atoms with Crippen molar-refractivity contribution in [3.05, 3.63) is 72.7 Å². The van der Waals surface area contributed by atoms with Crippen molar-refractivity contribution >= 4 is 27.4 Å². The van der Waals surface area contributed by atoms with Gasteiger partial charge in [-0.25, -0.2) is 23.1 Å². The molecule has 1 fully saturated rings. The van der Waals surface area contributed by atoms with E-state index in [0.29, 0.717) is 11.5 Å². The van der Waals surface area contributed by atoms with Crippen molar-refractivity contribution < 1.29 is 17.9 Å². The third kappa shape index (κ3) is 4.89. The van der Waals surface area contributed by atoms with E-state index in [0.717, 1.165) is 36.9 Å². The smallest absolute Gasteiger partial charge is 0.255 e. The molecular weight excluding hydrogens is 466 g/mol. The van der Waals surface area contributed by atoms with Gasteiger partial charge < -0.3 is 10.1 Å². The van der Waals surface area contributed by atoms with Gasteiger partial charge in [0.15, 0.2) is 0 Å². The summed E-state index contributed by atoms with van der Waals surface area (Å²) in [5, 5.41) is 2.82. The van der Waals surface area contributed by atoms with Gasteiger partial charge in [0.05, 0.1) is 12.8 Å². The van der Waals surface area contributed by atoms with Crippen molar-refractivity contribution in [1.82, 2.24) is 19.1 Å². The van der Waals surface area contributed by atoms with Gasteiger partial charge in [0.25, 0.3) is 5.91 Å². The topological polar surface area (TPSA) is 115 Å². The molecule has 4 aromatic rings. The van der Waals surface area contributed by atoms with Gasteiger partial charge in [0, 0.05) is 41.4 Å². The molecule has 0 spiro atoms.